The molecule has 1 aromatic rings. The molecule has 0 saturated heterocycles. The SMILES string of the molecule is N#C/C([N+]#N)=C(/O)CCCc1ccccc1. The molecule has 1 aromatic carbocycles. The van der Waals surface area contributed by atoms with Crippen molar-refractivity contribution >= 4 is 0 Å². The Morgan fingerprint density at radius 3 is 2.56 bits per heavy atom. The van der Waals surface area contributed by atoms with Gasteiger partial charge in [-0.25, -0.2) is 0 Å². The Labute approximate surface area is 94.1 Å². The van der Waals surface area contributed by atoms with Crippen LogP contribution in [0.3, 0.4) is 0 Å². The molecule has 0 aromatic heterocycles. The minimum absolute atomic E-state index is 0.166. The van der Waals surface area contributed by atoms with E-state index in [1.807, 2.05) is 30.3 Å². The van der Waals surface area contributed by atoms with E-state index < -0.39 is 0 Å². The first-order chi connectivity index (χ1) is 7.77. The van der Waals surface area contributed by atoms with Gasteiger partial charge in [0.05, 0.1) is 0 Å². The van der Waals surface area contributed by atoms with Crippen molar-refractivity contribution in [3.63, 3.8) is 0 Å². The number of aliphatic hydroxyl groups is 1. The molecule has 0 fully saturated rings. The Morgan fingerprint density at radius 1 is 1.31 bits per heavy atom. The zero-order valence-electron chi connectivity index (χ0n) is 8.80. The molecule has 0 heterocycles. The molecular formula is C12H12N3O+. The van der Waals surface area contributed by atoms with E-state index in [-0.39, 0.29) is 11.5 Å². The highest BCUT2D eigenvalue weighted by atomic mass is 16.3. The Balaban J connectivity index is 2.46. The normalized spacial score (nSPS) is 11.1. The summed E-state index contributed by atoms with van der Waals surface area (Å²) >= 11 is 0. The van der Waals surface area contributed by atoms with Gasteiger partial charge < -0.3 is 5.11 Å². The predicted molar refractivity (Wildman–Crippen MR) is 59.7 cm³/mol. The Bertz CT molecular complexity index is 435. The number of benzene rings is 1. The van der Waals surface area contributed by atoms with Gasteiger partial charge in [-0.3, -0.25) is 0 Å². The van der Waals surface area contributed by atoms with Gasteiger partial charge in [0.15, 0.2) is 11.0 Å². The highest BCUT2D eigenvalue weighted by Gasteiger charge is 2.16. The fourth-order valence-corrected chi connectivity index (χ4v) is 1.37. The maximum atomic E-state index is 9.39. The zero-order chi connectivity index (χ0) is 11.8. The molecule has 0 aliphatic heterocycles. The number of hydrogen-bond acceptors (Lipinski definition) is 3. The minimum Gasteiger partial charge on any atom is -0.504 e. The molecule has 0 atom stereocenters. The molecule has 1 rings (SSSR count). The van der Waals surface area contributed by atoms with E-state index >= 15 is 0 Å². The maximum absolute atomic E-state index is 9.39. The van der Waals surface area contributed by atoms with Gasteiger partial charge >= 0.3 is 5.70 Å². The third-order valence-electron chi connectivity index (χ3n) is 2.20. The number of nitrogens with zero attached hydrogens (tertiary/aromatic N) is 3. The van der Waals surface area contributed by atoms with Crippen molar-refractivity contribution in [2.45, 2.75) is 19.3 Å². The molecular weight excluding hydrogens is 202 g/mol. The molecule has 0 radical (unpaired) electrons. The monoisotopic (exact) mass is 214 g/mol. The first kappa shape index (κ1) is 11.7. The predicted octanol–water partition coefficient (Wildman–Crippen LogP) is 3.16. The van der Waals surface area contributed by atoms with Crippen LogP contribution in [0.25, 0.3) is 4.98 Å². The highest BCUT2D eigenvalue weighted by molar-refractivity contribution is 5.28. The zero-order valence-corrected chi connectivity index (χ0v) is 8.80. The lowest BCUT2D eigenvalue weighted by atomic mass is 10.1. The van der Waals surface area contributed by atoms with E-state index in [1.54, 1.807) is 6.07 Å². The molecule has 0 amide bonds. The molecule has 0 spiro atoms. The average molecular weight is 214 g/mol. The first-order valence-corrected chi connectivity index (χ1v) is 4.99. The van der Waals surface area contributed by atoms with Gasteiger partial charge in [0.2, 0.25) is 11.2 Å². The molecule has 1 N–H and O–H groups in total. The van der Waals surface area contributed by atoms with Crippen LogP contribution in [-0.2, 0) is 6.42 Å². The topological polar surface area (TPSA) is 72.2 Å². The molecule has 80 valence electrons. The van der Waals surface area contributed by atoms with Crippen molar-refractivity contribution in [3.05, 3.63) is 52.3 Å². The lowest BCUT2D eigenvalue weighted by molar-refractivity contribution is 0.380. The molecule has 0 bridgehead atoms. The van der Waals surface area contributed by atoms with E-state index in [1.165, 1.54) is 5.56 Å². The Morgan fingerprint density at radius 2 is 2.00 bits per heavy atom. The molecule has 0 aliphatic rings. The summed E-state index contributed by atoms with van der Waals surface area (Å²) in [6.07, 6.45) is 1.85. The summed E-state index contributed by atoms with van der Waals surface area (Å²) in [4.78, 5) is 2.70. The number of aliphatic hydroxyl groups excluding tert-OH is 1. The van der Waals surface area contributed by atoms with Crippen LogP contribution in [0, 0.1) is 16.7 Å². The fraction of sp³-hybridized carbons (Fsp3) is 0.250. The van der Waals surface area contributed by atoms with Crippen LogP contribution in [0.5, 0.6) is 0 Å². The van der Waals surface area contributed by atoms with Gasteiger partial charge in [0, 0.05) is 6.42 Å². The van der Waals surface area contributed by atoms with Gasteiger partial charge in [-0.1, -0.05) is 30.3 Å². The Kier molecular flexibility index (Phi) is 4.56. The second-order valence-electron chi connectivity index (χ2n) is 3.35. The molecule has 0 unspecified atom stereocenters. The van der Waals surface area contributed by atoms with E-state index in [9.17, 15) is 5.11 Å². The van der Waals surface area contributed by atoms with Crippen LogP contribution in [0.1, 0.15) is 18.4 Å². The minimum atomic E-state index is -0.312. The summed E-state index contributed by atoms with van der Waals surface area (Å²) < 4.78 is 0. The highest BCUT2D eigenvalue weighted by Crippen LogP contribution is 2.12. The largest absolute Gasteiger partial charge is 0.504 e. The standard InChI is InChI=1S/C12H11N3O/c13-9-11(15-14)12(16)8-4-7-10-5-2-1-3-6-10/h1-3,5-6H,4,7-8H2/p+1/b12-11-. The van der Waals surface area contributed by atoms with Crippen LogP contribution < -0.4 is 0 Å². The van der Waals surface area contributed by atoms with Gasteiger partial charge in [-0.15, -0.1) is 0 Å². The number of hydrogen-bond donors (Lipinski definition) is 1. The summed E-state index contributed by atoms with van der Waals surface area (Å²) in [5.41, 5.74) is 0.864. The van der Waals surface area contributed by atoms with Crippen molar-refractivity contribution in [1.29, 1.82) is 10.7 Å². The average Bonchev–Trinajstić information content (AvgIpc) is 2.32. The third-order valence-corrected chi connectivity index (χ3v) is 2.20. The number of diazo groups is 1. The van der Waals surface area contributed by atoms with Gasteiger partial charge in [0.25, 0.3) is 0 Å². The van der Waals surface area contributed by atoms with Crippen LogP contribution in [0.15, 0.2) is 41.8 Å². The van der Waals surface area contributed by atoms with Gasteiger partial charge in [0.1, 0.15) is 0 Å². The molecule has 16 heavy (non-hydrogen) atoms. The first-order valence-electron chi connectivity index (χ1n) is 4.99. The summed E-state index contributed by atoms with van der Waals surface area (Å²) in [5, 5.41) is 26.3. The summed E-state index contributed by atoms with van der Waals surface area (Å²) in [7, 11) is 0. The van der Waals surface area contributed by atoms with E-state index in [0.29, 0.717) is 12.8 Å². The van der Waals surface area contributed by atoms with Crippen LogP contribution in [-0.4, -0.2) is 5.11 Å². The van der Waals surface area contributed by atoms with E-state index in [2.05, 4.69) is 4.98 Å². The summed E-state index contributed by atoms with van der Waals surface area (Å²) in [6.45, 7) is 0. The van der Waals surface area contributed by atoms with Gasteiger partial charge in [-0.2, -0.15) is 5.26 Å². The van der Waals surface area contributed by atoms with Crippen LogP contribution in [0.2, 0.25) is 0 Å². The number of rotatable bonds is 4. The van der Waals surface area contributed by atoms with Crippen molar-refractivity contribution in [2.75, 3.05) is 0 Å². The Hall–Kier alpha value is -2.33. The second kappa shape index (κ2) is 6.21. The van der Waals surface area contributed by atoms with Crippen LogP contribution in [0.4, 0.5) is 0 Å². The van der Waals surface area contributed by atoms with Crippen molar-refractivity contribution < 1.29 is 5.11 Å². The summed E-state index contributed by atoms with van der Waals surface area (Å²) in [5.74, 6) is -0.166. The van der Waals surface area contributed by atoms with E-state index in [4.69, 9.17) is 10.7 Å². The molecule has 4 nitrogen and oxygen atoms in total. The fourth-order valence-electron chi connectivity index (χ4n) is 1.37. The lowest BCUT2D eigenvalue weighted by Crippen LogP contribution is -1.90. The van der Waals surface area contributed by atoms with Gasteiger partial charge in [-0.05, 0) is 18.4 Å². The maximum Gasteiger partial charge on any atom is 0.497 e. The van der Waals surface area contributed by atoms with Crippen molar-refractivity contribution in [3.8, 4) is 6.07 Å². The molecule has 0 aliphatic carbocycles. The van der Waals surface area contributed by atoms with E-state index in [0.717, 1.165) is 6.42 Å². The lowest BCUT2D eigenvalue weighted by Gasteiger charge is -1.98. The summed E-state index contributed by atoms with van der Waals surface area (Å²) in [6, 6.07) is 11.5. The third kappa shape index (κ3) is 3.43. The number of aryl methyl sites for hydroxylation is 1. The smallest absolute Gasteiger partial charge is 0.497 e. The second-order valence-corrected chi connectivity index (χ2v) is 3.35. The van der Waals surface area contributed by atoms with Crippen LogP contribution >= 0.6 is 0 Å². The molecule has 0 saturated carbocycles. The molecule has 4 heteroatoms. The number of nitriles is 1. The quantitative estimate of drug-likeness (QED) is 0.475. The number of allylic oxidation sites excluding steroid dienone is 2. The van der Waals surface area contributed by atoms with Crippen molar-refractivity contribution in [1.82, 2.24) is 0 Å². The van der Waals surface area contributed by atoms with Crippen molar-refractivity contribution in [2.24, 2.45) is 0 Å².